The largest absolute Gasteiger partial charge is 0.501 e. The maximum atomic E-state index is 11.7. The number of carbonyl (C=O) groups excluding carboxylic acids is 2. The van der Waals surface area contributed by atoms with Gasteiger partial charge in [0.25, 0.3) is 0 Å². The maximum absolute atomic E-state index is 11.7. The molecular formula is C25H40N2O9. The lowest BCUT2D eigenvalue weighted by atomic mass is 10.1. The molecule has 2 fully saturated rings. The van der Waals surface area contributed by atoms with E-state index in [2.05, 4.69) is 17.6 Å². The van der Waals surface area contributed by atoms with Crippen LogP contribution in [0.1, 0.15) is 61.3 Å². The molecule has 0 unspecified atom stereocenters. The van der Waals surface area contributed by atoms with E-state index in [1.807, 2.05) is 20.8 Å². The smallest absolute Gasteiger partial charge is 0.376 e. The predicted molar refractivity (Wildman–Crippen MR) is 129 cm³/mol. The minimum Gasteiger partial charge on any atom is -0.501 e. The van der Waals surface area contributed by atoms with Gasteiger partial charge in [-0.05, 0) is 47.5 Å². The van der Waals surface area contributed by atoms with E-state index in [1.54, 1.807) is 20.8 Å². The summed E-state index contributed by atoms with van der Waals surface area (Å²) in [4.78, 5) is 23.1. The van der Waals surface area contributed by atoms with Crippen LogP contribution < -0.4 is 10.6 Å². The summed E-state index contributed by atoms with van der Waals surface area (Å²) in [6, 6.07) is 0. The molecule has 0 saturated carbocycles. The summed E-state index contributed by atoms with van der Waals surface area (Å²) in [5, 5.41) is 16.0. The number of carbonyl (C=O) groups is 2. The van der Waals surface area contributed by atoms with Gasteiger partial charge in [-0.3, -0.25) is 0 Å². The molecule has 0 aromatic heterocycles. The fourth-order valence-corrected chi connectivity index (χ4v) is 4.25. The van der Waals surface area contributed by atoms with E-state index < -0.39 is 29.8 Å². The van der Waals surface area contributed by atoms with Gasteiger partial charge in [-0.2, -0.15) is 0 Å². The van der Waals surface area contributed by atoms with Crippen molar-refractivity contribution < 1.29 is 43.1 Å². The molecule has 0 aromatic carbocycles. The Kier molecular flexibility index (Phi) is 8.92. The summed E-state index contributed by atoms with van der Waals surface area (Å²) >= 11 is 0. The van der Waals surface area contributed by atoms with Crippen molar-refractivity contribution in [2.75, 3.05) is 26.3 Å². The number of hydrogen-bond acceptors (Lipinski definition) is 11. The zero-order chi connectivity index (χ0) is 26.7. The second-order valence-corrected chi connectivity index (χ2v) is 10.0. The second-order valence-electron chi connectivity index (χ2n) is 10.0. The average molecular weight is 513 g/mol. The average Bonchev–Trinajstić information content (AvgIpc) is 3.52. The van der Waals surface area contributed by atoms with E-state index in [-0.39, 0.29) is 23.9 Å². The lowest BCUT2D eigenvalue weighted by Gasteiger charge is -2.22. The molecule has 4 aliphatic heterocycles. The Hall–Kier alpha value is -2.34. The number of esters is 2. The topological polar surface area (TPSA) is 134 Å². The molecule has 36 heavy (non-hydrogen) atoms. The molecule has 0 bridgehead atoms. The first kappa shape index (κ1) is 28.2. The standard InChI is InChI=1S/C13H21NO4.C12H19NO5/c1-5-6-14-10-8(2)12(15)17-11(10)9-7-16-13(3,4)18-9;1-4-5-13-8-9(14)11(15)17-10(8)7-6-16-12(2,3)18-7/h9,11,14H,5-7H2,1-4H3;7,10,13-14H,4-6H2,1-3H3/t9-,11+;7-,10+/m00/s1. The van der Waals surface area contributed by atoms with E-state index in [4.69, 9.17) is 28.4 Å². The first-order chi connectivity index (χ1) is 16.9. The van der Waals surface area contributed by atoms with Crippen molar-refractivity contribution >= 4 is 11.9 Å². The molecule has 204 valence electrons. The summed E-state index contributed by atoms with van der Waals surface area (Å²) < 4.78 is 32.9. The van der Waals surface area contributed by atoms with Gasteiger partial charge in [0, 0.05) is 13.1 Å². The van der Waals surface area contributed by atoms with Crippen LogP contribution in [0.2, 0.25) is 0 Å². The molecule has 11 nitrogen and oxygen atoms in total. The van der Waals surface area contributed by atoms with Crippen molar-refractivity contribution in [1.82, 2.24) is 10.6 Å². The van der Waals surface area contributed by atoms with Gasteiger partial charge in [0.1, 0.15) is 17.9 Å². The third-order valence-corrected chi connectivity index (χ3v) is 6.06. The van der Waals surface area contributed by atoms with Crippen molar-refractivity contribution in [2.45, 2.75) is 97.3 Å². The Morgan fingerprint density at radius 3 is 1.69 bits per heavy atom. The minimum absolute atomic E-state index is 0.235. The van der Waals surface area contributed by atoms with Crippen LogP contribution >= 0.6 is 0 Å². The third kappa shape index (κ3) is 6.50. The van der Waals surface area contributed by atoms with E-state index >= 15 is 0 Å². The molecule has 0 aromatic rings. The van der Waals surface area contributed by atoms with Crippen molar-refractivity contribution in [1.29, 1.82) is 0 Å². The maximum Gasteiger partial charge on any atom is 0.376 e. The first-order valence-corrected chi connectivity index (χ1v) is 12.6. The molecule has 4 atom stereocenters. The molecule has 4 rings (SSSR count). The fourth-order valence-electron chi connectivity index (χ4n) is 4.25. The highest BCUT2D eigenvalue weighted by Crippen LogP contribution is 2.33. The van der Waals surface area contributed by atoms with Gasteiger partial charge in [-0.25, -0.2) is 9.59 Å². The van der Waals surface area contributed by atoms with Crippen LogP contribution in [-0.2, 0) is 38.0 Å². The molecule has 11 heteroatoms. The number of nitrogens with one attached hydrogen (secondary N) is 2. The van der Waals surface area contributed by atoms with Crippen molar-refractivity contribution in [2.24, 2.45) is 0 Å². The number of hydrogen-bond donors (Lipinski definition) is 3. The normalized spacial score (nSPS) is 30.8. The Morgan fingerprint density at radius 1 is 0.806 bits per heavy atom. The van der Waals surface area contributed by atoms with Gasteiger partial charge < -0.3 is 44.2 Å². The lowest BCUT2D eigenvalue weighted by Crippen LogP contribution is -2.37. The van der Waals surface area contributed by atoms with Gasteiger partial charge in [0.15, 0.2) is 23.8 Å². The third-order valence-electron chi connectivity index (χ3n) is 6.06. The van der Waals surface area contributed by atoms with Crippen LogP contribution in [0.25, 0.3) is 0 Å². The molecule has 0 aliphatic carbocycles. The Labute approximate surface area is 212 Å². The van der Waals surface area contributed by atoms with Crippen molar-refractivity contribution in [3.05, 3.63) is 22.7 Å². The van der Waals surface area contributed by atoms with Crippen LogP contribution in [0.5, 0.6) is 0 Å². The van der Waals surface area contributed by atoms with Crippen LogP contribution in [0.3, 0.4) is 0 Å². The Morgan fingerprint density at radius 2 is 1.25 bits per heavy atom. The number of aliphatic hydroxyl groups excluding tert-OH is 1. The summed E-state index contributed by atoms with van der Waals surface area (Å²) in [6.45, 7) is 15.4. The SMILES string of the molecule is CCCNC1=C(C)C(=O)O[C@@H]1[C@@H]1COC(C)(C)O1.CCCNC1=C(O)C(=O)O[C@@H]1[C@@H]1COC(C)(C)O1. The monoisotopic (exact) mass is 512 g/mol. The Bertz CT molecular complexity index is 824. The number of cyclic esters (lactones) is 2. The fraction of sp³-hybridized carbons (Fsp3) is 0.760. The number of ether oxygens (including phenoxy) is 6. The Balaban J connectivity index is 0.000000201. The highest BCUT2D eigenvalue weighted by molar-refractivity contribution is 5.91. The van der Waals surface area contributed by atoms with Crippen LogP contribution in [0.4, 0.5) is 0 Å². The predicted octanol–water partition coefficient (Wildman–Crippen LogP) is 2.17. The van der Waals surface area contributed by atoms with E-state index in [9.17, 15) is 14.7 Å². The first-order valence-electron chi connectivity index (χ1n) is 12.6. The van der Waals surface area contributed by atoms with E-state index in [1.165, 1.54) is 0 Å². The summed E-state index contributed by atoms with van der Waals surface area (Å²) in [5.74, 6) is -2.64. The molecule has 2 saturated heterocycles. The van der Waals surface area contributed by atoms with Crippen LogP contribution in [-0.4, -0.2) is 79.3 Å². The van der Waals surface area contributed by atoms with E-state index in [0.717, 1.165) is 25.1 Å². The molecule has 4 heterocycles. The quantitative estimate of drug-likeness (QED) is 0.413. The number of rotatable bonds is 8. The molecule has 3 N–H and O–H groups in total. The lowest BCUT2D eigenvalue weighted by molar-refractivity contribution is -0.161. The summed E-state index contributed by atoms with van der Waals surface area (Å²) in [5.41, 5.74) is 1.88. The highest BCUT2D eigenvalue weighted by Gasteiger charge is 2.46. The van der Waals surface area contributed by atoms with Gasteiger partial charge >= 0.3 is 11.9 Å². The zero-order valence-corrected chi connectivity index (χ0v) is 22.3. The van der Waals surface area contributed by atoms with Gasteiger partial charge in [-0.15, -0.1) is 0 Å². The molecule has 0 spiro atoms. The van der Waals surface area contributed by atoms with Crippen molar-refractivity contribution in [3.63, 3.8) is 0 Å². The summed E-state index contributed by atoms with van der Waals surface area (Å²) in [6.07, 6.45) is 0.251. The summed E-state index contributed by atoms with van der Waals surface area (Å²) in [7, 11) is 0. The second kappa shape index (κ2) is 11.4. The molecule has 4 aliphatic rings. The zero-order valence-electron chi connectivity index (χ0n) is 22.3. The van der Waals surface area contributed by atoms with Gasteiger partial charge in [0.05, 0.1) is 24.5 Å². The highest BCUT2D eigenvalue weighted by atomic mass is 16.8. The van der Waals surface area contributed by atoms with Gasteiger partial charge in [-0.1, -0.05) is 13.8 Å². The molecule has 0 amide bonds. The van der Waals surface area contributed by atoms with Crippen molar-refractivity contribution in [3.8, 4) is 0 Å². The van der Waals surface area contributed by atoms with Gasteiger partial charge in [0.2, 0.25) is 5.76 Å². The molecular weight excluding hydrogens is 472 g/mol. The molecule has 0 radical (unpaired) electrons. The number of aliphatic hydroxyl groups is 1. The van der Waals surface area contributed by atoms with Crippen LogP contribution in [0, 0.1) is 0 Å². The van der Waals surface area contributed by atoms with Crippen LogP contribution in [0.15, 0.2) is 22.7 Å². The van der Waals surface area contributed by atoms with E-state index in [0.29, 0.717) is 31.0 Å². The minimum atomic E-state index is -0.716.